The molecule has 24 heavy (non-hydrogen) atoms. The Bertz CT molecular complexity index is 882. The number of carbonyl (C=O) groups excluding carboxylic acids is 1. The summed E-state index contributed by atoms with van der Waals surface area (Å²) in [5, 5.41) is 9.72. The number of ketones is 1. The molecule has 2 aromatic heterocycles. The van der Waals surface area contributed by atoms with E-state index in [1.807, 2.05) is 37.4 Å². The van der Waals surface area contributed by atoms with Crippen LogP contribution in [0.15, 0.2) is 28.7 Å². The summed E-state index contributed by atoms with van der Waals surface area (Å²) in [6.45, 7) is 8.24. The summed E-state index contributed by atoms with van der Waals surface area (Å²) in [4.78, 5) is 18.1. The summed E-state index contributed by atoms with van der Waals surface area (Å²) in [7, 11) is 0. The van der Waals surface area contributed by atoms with Crippen molar-refractivity contribution in [1.82, 2.24) is 15.2 Å². The second-order valence-corrected chi connectivity index (χ2v) is 7.66. The number of hydrogen-bond acceptors (Lipinski definition) is 5. The number of benzene rings is 1. The highest BCUT2D eigenvalue weighted by Crippen LogP contribution is 2.25. The Hall–Kier alpha value is -1.92. The largest absolute Gasteiger partial charge is 0.293 e. The fraction of sp³-hybridized carbons (Fsp3) is 0.278. The van der Waals surface area contributed by atoms with Gasteiger partial charge in [-0.15, -0.1) is 16.4 Å². The van der Waals surface area contributed by atoms with Crippen LogP contribution in [0.5, 0.6) is 0 Å². The predicted molar refractivity (Wildman–Crippen MR) is 100 cm³/mol. The second-order valence-electron chi connectivity index (χ2n) is 5.77. The molecule has 0 bridgehead atoms. The smallest absolute Gasteiger partial charge is 0.209 e. The van der Waals surface area contributed by atoms with Crippen LogP contribution in [0.4, 0.5) is 0 Å². The van der Waals surface area contributed by atoms with Crippen molar-refractivity contribution in [3.63, 3.8) is 0 Å². The first-order valence-corrected chi connectivity index (χ1v) is 9.53. The number of nitrogens with one attached hydrogen (secondary N) is 1. The van der Waals surface area contributed by atoms with Gasteiger partial charge in [0.15, 0.2) is 11.6 Å². The summed E-state index contributed by atoms with van der Waals surface area (Å²) in [5.41, 5.74) is 5.48. The maximum atomic E-state index is 12.6. The topological polar surface area (TPSA) is 58.6 Å². The Kier molecular flexibility index (Phi) is 4.87. The van der Waals surface area contributed by atoms with Gasteiger partial charge in [-0.25, -0.2) is 4.98 Å². The van der Waals surface area contributed by atoms with Crippen LogP contribution in [0.1, 0.15) is 32.6 Å². The Morgan fingerprint density at radius 3 is 2.71 bits per heavy atom. The van der Waals surface area contributed by atoms with Crippen molar-refractivity contribution in [2.24, 2.45) is 0 Å². The third-order valence-corrected chi connectivity index (χ3v) is 6.06. The number of hydrogen-bond donors (Lipinski definition) is 1. The first-order chi connectivity index (χ1) is 11.5. The number of rotatable bonds is 5. The highest BCUT2D eigenvalue weighted by molar-refractivity contribution is 7.99. The molecular formula is C18H19N3OS2. The number of thiophene rings is 1. The number of H-pyrrole nitrogens is 1. The fourth-order valence-corrected chi connectivity index (χ4v) is 3.89. The monoisotopic (exact) mass is 357 g/mol. The molecule has 0 aliphatic heterocycles. The number of Topliss-reactive ketones (excluding diaryl/α,β-unsaturated/α-hetero) is 1. The Labute approximate surface area is 149 Å². The summed E-state index contributed by atoms with van der Waals surface area (Å²) >= 11 is 2.97. The van der Waals surface area contributed by atoms with Gasteiger partial charge in [-0.3, -0.25) is 9.89 Å². The van der Waals surface area contributed by atoms with Crippen LogP contribution in [-0.4, -0.2) is 26.7 Å². The van der Waals surface area contributed by atoms with Crippen LogP contribution in [0.25, 0.3) is 10.7 Å². The maximum Gasteiger partial charge on any atom is 0.209 e. The highest BCUT2D eigenvalue weighted by Gasteiger charge is 2.15. The van der Waals surface area contributed by atoms with Crippen LogP contribution in [0.2, 0.25) is 0 Å². The lowest BCUT2D eigenvalue weighted by Gasteiger charge is -2.13. The lowest BCUT2D eigenvalue weighted by atomic mass is 9.93. The molecule has 0 saturated carbocycles. The van der Waals surface area contributed by atoms with Gasteiger partial charge in [-0.2, -0.15) is 0 Å². The van der Waals surface area contributed by atoms with Crippen molar-refractivity contribution < 1.29 is 4.79 Å². The zero-order chi connectivity index (χ0) is 17.3. The number of nitrogens with zero attached hydrogens (tertiary/aromatic N) is 2. The molecule has 0 radical (unpaired) electrons. The molecule has 3 rings (SSSR count). The quantitative estimate of drug-likeness (QED) is 0.529. The molecule has 0 atom stereocenters. The van der Waals surface area contributed by atoms with Crippen molar-refractivity contribution in [3.8, 4) is 10.7 Å². The van der Waals surface area contributed by atoms with Crippen LogP contribution < -0.4 is 0 Å². The maximum absolute atomic E-state index is 12.6. The first kappa shape index (κ1) is 16.9. The molecule has 0 spiro atoms. The average molecular weight is 358 g/mol. The summed E-state index contributed by atoms with van der Waals surface area (Å²) in [6.07, 6.45) is 0. The molecule has 0 aliphatic rings. The molecule has 2 heterocycles. The summed E-state index contributed by atoms with van der Waals surface area (Å²) < 4.78 is 0. The van der Waals surface area contributed by atoms with Crippen molar-refractivity contribution in [2.45, 2.75) is 32.9 Å². The standard InChI is InChI=1S/C18H19N3OS2/c1-10-8-14(13(4)12(3)11(10)2)15(22)9-24-18-19-17(20-21-18)16-6-5-7-23-16/h5-8H,9H2,1-4H3,(H,19,20,21). The van der Waals surface area contributed by atoms with E-state index in [4.69, 9.17) is 0 Å². The molecule has 0 unspecified atom stereocenters. The van der Waals surface area contributed by atoms with Crippen LogP contribution in [0, 0.1) is 27.7 Å². The predicted octanol–water partition coefficient (Wildman–Crippen LogP) is 4.74. The number of thioether (sulfide) groups is 1. The molecule has 0 saturated heterocycles. The molecule has 0 aliphatic carbocycles. The number of aryl methyl sites for hydroxylation is 1. The van der Waals surface area contributed by atoms with Gasteiger partial charge in [0.25, 0.3) is 0 Å². The van der Waals surface area contributed by atoms with Gasteiger partial charge in [-0.1, -0.05) is 17.8 Å². The van der Waals surface area contributed by atoms with Crippen molar-refractivity contribution in [2.75, 3.05) is 5.75 Å². The van der Waals surface area contributed by atoms with Gasteiger partial charge in [0.05, 0.1) is 10.6 Å². The van der Waals surface area contributed by atoms with Gasteiger partial charge in [0, 0.05) is 5.56 Å². The lowest BCUT2D eigenvalue weighted by Crippen LogP contribution is -2.08. The van der Waals surface area contributed by atoms with E-state index in [1.165, 1.54) is 22.9 Å². The average Bonchev–Trinajstić information content (AvgIpc) is 3.24. The van der Waals surface area contributed by atoms with Gasteiger partial charge in [0.1, 0.15) is 0 Å². The van der Waals surface area contributed by atoms with E-state index in [-0.39, 0.29) is 5.78 Å². The molecule has 1 aromatic carbocycles. The minimum atomic E-state index is 0.117. The van der Waals surface area contributed by atoms with Gasteiger partial charge in [-0.05, 0) is 67.5 Å². The number of aromatic nitrogens is 3. The Morgan fingerprint density at radius 2 is 2.00 bits per heavy atom. The van der Waals surface area contributed by atoms with Crippen molar-refractivity contribution in [1.29, 1.82) is 0 Å². The fourth-order valence-electron chi connectivity index (χ4n) is 2.54. The third-order valence-electron chi connectivity index (χ3n) is 4.33. The van der Waals surface area contributed by atoms with Crippen LogP contribution in [0.3, 0.4) is 0 Å². The molecular weight excluding hydrogens is 338 g/mol. The molecule has 0 fully saturated rings. The molecule has 0 amide bonds. The van der Waals surface area contributed by atoms with E-state index in [1.54, 1.807) is 11.3 Å². The highest BCUT2D eigenvalue weighted by atomic mass is 32.2. The number of carbonyl (C=O) groups is 1. The zero-order valence-corrected chi connectivity index (χ0v) is 15.8. The third kappa shape index (κ3) is 3.30. The minimum Gasteiger partial charge on any atom is -0.293 e. The van der Waals surface area contributed by atoms with Gasteiger partial charge >= 0.3 is 0 Å². The van der Waals surface area contributed by atoms with Crippen LogP contribution >= 0.6 is 23.1 Å². The molecule has 124 valence electrons. The summed E-state index contributed by atoms with van der Waals surface area (Å²) in [5.74, 6) is 1.20. The lowest BCUT2D eigenvalue weighted by molar-refractivity contribution is 0.102. The molecule has 6 heteroatoms. The molecule has 3 aromatic rings. The first-order valence-electron chi connectivity index (χ1n) is 7.67. The van der Waals surface area contributed by atoms with E-state index < -0.39 is 0 Å². The van der Waals surface area contributed by atoms with E-state index in [0.717, 1.165) is 27.4 Å². The van der Waals surface area contributed by atoms with E-state index in [9.17, 15) is 4.79 Å². The summed E-state index contributed by atoms with van der Waals surface area (Å²) in [6, 6.07) is 5.96. The van der Waals surface area contributed by atoms with Gasteiger partial charge < -0.3 is 0 Å². The SMILES string of the molecule is Cc1cc(C(=O)CSc2n[nH]c(-c3cccs3)n2)c(C)c(C)c1C. The number of aromatic amines is 1. The van der Waals surface area contributed by atoms with Gasteiger partial charge in [0.2, 0.25) is 5.16 Å². The molecule has 4 nitrogen and oxygen atoms in total. The molecule has 1 N–H and O–H groups in total. The van der Waals surface area contributed by atoms with E-state index >= 15 is 0 Å². The minimum absolute atomic E-state index is 0.117. The van der Waals surface area contributed by atoms with Crippen molar-refractivity contribution >= 4 is 28.9 Å². The zero-order valence-electron chi connectivity index (χ0n) is 14.1. The Balaban J connectivity index is 1.73. The Morgan fingerprint density at radius 1 is 1.21 bits per heavy atom. The van der Waals surface area contributed by atoms with E-state index in [0.29, 0.717) is 10.9 Å². The van der Waals surface area contributed by atoms with E-state index in [2.05, 4.69) is 29.0 Å². The normalized spacial score (nSPS) is 11.0. The van der Waals surface area contributed by atoms with Crippen molar-refractivity contribution in [3.05, 3.63) is 51.4 Å². The van der Waals surface area contributed by atoms with Crippen LogP contribution in [-0.2, 0) is 0 Å². The second kappa shape index (κ2) is 6.91.